The van der Waals surface area contributed by atoms with Crippen molar-refractivity contribution in [3.8, 4) is 0 Å². The lowest BCUT2D eigenvalue weighted by molar-refractivity contribution is 0.0962. The van der Waals surface area contributed by atoms with Gasteiger partial charge < -0.3 is 11.1 Å². The number of anilines is 1. The molecule has 0 aliphatic carbocycles. The van der Waals surface area contributed by atoms with E-state index < -0.39 is 0 Å². The van der Waals surface area contributed by atoms with Gasteiger partial charge in [-0.05, 0) is 26.0 Å². The zero-order valence-electron chi connectivity index (χ0n) is 10.5. The highest BCUT2D eigenvalue weighted by atomic mass is 32.1. The van der Waals surface area contributed by atoms with Crippen LogP contribution in [0.15, 0.2) is 30.4 Å². The SMILES string of the molecule is C=C(C)CNC(=O)c1sc2ccc(C)cc2c1N. The van der Waals surface area contributed by atoms with Crippen LogP contribution in [-0.4, -0.2) is 12.5 Å². The molecule has 1 heterocycles. The highest BCUT2D eigenvalue weighted by Crippen LogP contribution is 2.34. The van der Waals surface area contributed by atoms with Crippen molar-refractivity contribution in [1.29, 1.82) is 0 Å². The second kappa shape index (κ2) is 4.82. The van der Waals surface area contributed by atoms with Gasteiger partial charge in [-0.15, -0.1) is 11.3 Å². The second-order valence-electron chi connectivity index (χ2n) is 4.48. The second-order valence-corrected chi connectivity index (χ2v) is 5.54. The van der Waals surface area contributed by atoms with Gasteiger partial charge >= 0.3 is 0 Å². The number of aryl methyl sites for hydroxylation is 1. The minimum atomic E-state index is -0.130. The number of nitrogens with two attached hydrogens (primary N) is 1. The predicted molar refractivity (Wildman–Crippen MR) is 78.1 cm³/mol. The van der Waals surface area contributed by atoms with Crippen molar-refractivity contribution in [3.63, 3.8) is 0 Å². The zero-order chi connectivity index (χ0) is 13.3. The van der Waals surface area contributed by atoms with E-state index >= 15 is 0 Å². The fourth-order valence-corrected chi connectivity index (χ4v) is 2.73. The lowest BCUT2D eigenvalue weighted by Gasteiger charge is -2.03. The summed E-state index contributed by atoms with van der Waals surface area (Å²) in [6.07, 6.45) is 0. The Balaban J connectivity index is 2.36. The van der Waals surface area contributed by atoms with E-state index in [9.17, 15) is 4.79 Å². The number of hydrogen-bond acceptors (Lipinski definition) is 3. The van der Waals surface area contributed by atoms with Gasteiger partial charge in [-0.3, -0.25) is 4.79 Å². The molecule has 94 valence electrons. The summed E-state index contributed by atoms with van der Waals surface area (Å²) in [7, 11) is 0. The van der Waals surface area contributed by atoms with E-state index in [0.717, 1.165) is 21.2 Å². The van der Waals surface area contributed by atoms with Gasteiger partial charge in [0.2, 0.25) is 0 Å². The van der Waals surface area contributed by atoms with E-state index in [-0.39, 0.29) is 5.91 Å². The average Bonchev–Trinajstić information content (AvgIpc) is 2.64. The summed E-state index contributed by atoms with van der Waals surface area (Å²) in [5.74, 6) is -0.130. The average molecular weight is 260 g/mol. The molecule has 4 heteroatoms. The molecule has 0 spiro atoms. The number of thiophene rings is 1. The van der Waals surface area contributed by atoms with Crippen molar-refractivity contribution < 1.29 is 4.79 Å². The molecule has 1 amide bonds. The summed E-state index contributed by atoms with van der Waals surface area (Å²) in [6.45, 7) is 8.12. The maximum absolute atomic E-state index is 12.0. The first-order chi connectivity index (χ1) is 8.49. The third kappa shape index (κ3) is 2.38. The lowest BCUT2D eigenvalue weighted by Crippen LogP contribution is -2.24. The molecule has 1 aromatic carbocycles. The lowest BCUT2D eigenvalue weighted by atomic mass is 10.1. The minimum absolute atomic E-state index is 0.130. The van der Waals surface area contributed by atoms with Gasteiger partial charge in [0.25, 0.3) is 5.91 Å². The molecule has 2 rings (SSSR count). The molecule has 0 fully saturated rings. The normalized spacial score (nSPS) is 10.6. The van der Waals surface area contributed by atoms with Gasteiger partial charge in [-0.2, -0.15) is 0 Å². The van der Waals surface area contributed by atoms with Crippen LogP contribution in [0.4, 0.5) is 5.69 Å². The van der Waals surface area contributed by atoms with Crippen LogP contribution in [-0.2, 0) is 0 Å². The van der Waals surface area contributed by atoms with Gasteiger partial charge in [0.15, 0.2) is 0 Å². The summed E-state index contributed by atoms with van der Waals surface area (Å²) >= 11 is 1.43. The Bertz CT molecular complexity index is 628. The zero-order valence-corrected chi connectivity index (χ0v) is 11.4. The number of hydrogen-bond donors (Lipinski definition) is 2. The van der Waals surface area contributed by atoms with Crippen LogP contribution in [0.2, 0.25) is 0 Å². The maximum Gasteiger partial charge on any atom is 0.263 e. The van der Waals surface area contributed by atoms with Crippen molar-refractivity contribution in [2.75, 3.05) is 12.3 Å². The molecular formula is C14H16N2OS. The Morgan fingerprint density at radius 3 is 2.89 bits per heavy atom. The monoisotopic (exact) mass is 260 g/mol. The van der Waals surface area contributed by atoms with E-state index in [1.807, 2.05) is 32.0 Å². The molecule has 0 saturated heterocycles. The Hall–Kier alpha value is -1.81. The number of nitrogens with one attached hydrogen (secondary N) is 1. The smallest absolute Gasteiger partial charge is 0.263 e. The number of carbonyl (C=O) groups is 1. The molecule has 0 aliphatic heterocycles. The topological polar surface area (TPSA) is 55.1 Å². The molecule has 0 aliphatic rings. The van der Waals surface area contributed by atoms with Crippen molar-refractivity contribution in [3.05, 3.63) is 40.8 Å². The molecular weight excluding hydrogens is 244 g/mol. The van der Waals surface area contributed by atoms with Crippen LogP contribution < -0.4 is 11.1 Å². The summed E-state index contributed by atoms with van der Waals surface area (Å²) < 4.78 is 1.04. The molecule has 0 bridgehead atoms. The number of carbonyl (C=O) groups excluding carboxylic acids is 1. The van der Waals surface area contributed by atoms with Crippen LogP contribution in [0.3, 0.4) is 0 Å². The molecule has 2 aromatic rings. The van der Waals surface area contributed by atoms with Crippen molar-refractivity contribution in [2.45, 2.75) is 13.8 Å². The van der Waals surface area contributed by atoms with Gasteiger partial charge in [0.05, 0.1) is 5.69 Å². The number of rotatable bonds is 3. The number of nitrogen functional groups attached to an aromatic ring is 1. The van der Waals surface area contributed by atoms with Crippen LogP contribution >= 0.6 is 11.3 Å². The molecule has 3 N–H and O–H groups in total. The van der Waals surface area contributed by atoms with Gasteiger partial charge in [-0.25, -0.2) is 0 Å². The summed E-state index contributed by atoms with van der Waals surface area (Å²) in [6, 6.07) is 6.03. The molecule has 0 atom stereocenters. The molecule has 0 radical (unpaired) electrons. The van der Waals surface area contributed by atoms with Crippen molar-refractivity contribution in [2.24, 2.45) is 0 Å². The predicted octanol–water partition coefficient (Wildman–Crippen LogP) is 3.10. The standard InChI is InChI=1S/C14H16N2OS/c1-8(2)7-16-14(17)13-12(15)10-6-9(3)4-5-11(10)18-13/h4-6H,1,7,15H2,2-3H3,(H,16,17). The van der Waals surface area contributed by atoms with Gasteiger partial charge in [0.1, 0.15) is 4.88 Å². The molecule has 0 saturated carbocycles. The van der Waals surface area contributed by atoms with Gasteiger partial charge in [0, 0.05) is 16.6 Å². The third-order valence-electron chi connectivity index (χ3n) is 2.64. The largest absolute Gasteiger partial charge is 0.397 e. The van der Waals surface area contributed by atoms with E-state index in [1.54, 1.807) is 0 Å². The first kappa shape index (κ1) is 12.6. The third-order valence-corrected chi connectivity index (χ3v) is 3.82. The van der Waals surface area contributed by atoms with Crippen molar-refractivity contribution in [1.82, 2.24) is 5.32 Å². The van der Waals surface area contributed by atoms with Crippen LogP contribution in [0.5, 0.6) is 0 Å². The first-order valence-electron chi connectivity index (χ1n) is 5.70. The molecule has 18 heavy (non-hydrogen) atoms. The van der Waals surface area contributed by atoms with Crippen LogP contribution in [0.25, 0.3) is 10.1 Å². The molecule has 1 aromatic heterocycles. The quantitative estimate of drug-likeness (QED) is 0.833. The Morgan fingerprint density at radius 1 is 1.50 bits per heavy atom. The Kier molecular flexibility index (Phi) is 3.39. The van der Waals surface area contributed by atoms with Gasteiger partial charge in [-0.1, -0.05) is 23.8 Å². The molecule has 0 unspecified atom stereocenters. The fraction of sp³-hybridized carbons (Fsp3) is 0.214. The van der Waals surface area contributed by atoms with E-state index in [2.05, 4.69) is 11.9 Å². The molecule has 3 nitrogen and oxygen atoms in total. The first-order valence-corrected chi connectivity index (χ1v) is 6.52. The number of fused-ring (bicyclic) bond motifs is 1. The van der Waals surface area contributed by atoms with Crippen LogP contribution in [0, 0.1) is 6.92 Å². The fourth-order valence-electron chi connectivity index (χ4n) is 1.71. The summed E-state index contributed by atoms with van der Waals surface area (Å²) in [4.78, 5) is 12.6. The number of benzene rings is 1. The summed E-state index contributed by atoms with van der Waals surface area (Å²) in [5.41, 5.74) is 8.67. The van der Waals surface area contributed by atoms with Crippen LogP contribution in [0.1, 0.15) is 22.2 Å². The highest BCUT2D eigenvalue weighted by molar-refractivity contribution is 7.21. The number of amides is 1. The van der Waals surface area contributed by atoms with Crippen molar-refractivity contribution >= 4 is 33.0 Å². The van der Waals surface area contributed by atoms with E-state index in [1.165, 1.54) is 11.3 Å². The Morgan fingerprint density at radius 2 is 2.22 bits per heavy atom. The van der Waals surface area contributed by atoms with E-state index in [4.69, 9.17) is 5.73 Å². The minimum Gasteiger partial charge on any atom is -0.397 e. The van der Waals surface area contributed by atoms with E-state index in [0.29, 0.717) is 17.1 Å². The Labute approximate surface area is 110 Å². The summed E-state index contributed by atoms with van der Waals surface area (Å²) in [5, 5.41) is 3.77. The highest BCUT2D eigenvalue weighted by Gasteiger charge is 2.15. The maximum atomic E-state index is 12.0.